The van der Waals surface area contributed by atoms with Crippen molar-refractivity contribution in [3.63, 3.8) is 0 Å². The van der Waals surface area contributed by atoms with Gasteiger partial charge in [-0.2, -0.15) is 0 Å². The summed E-state index contributed by atoms with van der Waals surface area (Å²) in [5, 5.41) is 12.0. The van der Waals surface area contributed by atoms with Crippen LogP contribution in [-0.4, -0.2) is 75.3 Å². The number of hydrogen-bond donors (Lipinski definition) is 6. The van der Waals surface area contributed by atoms with Gasteiger partial charge in [0.05, 0.1) is 110 Å². The van der Waals surface area contributed by atoms with E-state index in [1.807, 2.05) is 91.0 Å². The molecule has 0 spiro atoms. The first-order chi connectivity index (χ1) is 35.3. The number of amides is 3. The largest absolute Gasteiger partial charge is 0.497 e. The number of primary amides is 3. The highest BCUT2D eigenvalue weighted by Gasteiger charge is 2.19. The van der Waals surface area contributed by atoms with Gasteiger partial charge in [-0.25, -0.2) is 0 Å². The average Bonchev–Trinajstić information content (AvgIpc) is 3.41. The third kappa shape index (κ3) is 11.8. The molecule has 9 rings (SSSR count). The molecule has 3 aromatic heterocycles. The van der Waals surface area contributed by atoms with E-state index in [0.717, 1.165) is 37.7 Å². The zero-order valence-corrected chi connectivity index (χ0v) is 42.0. The number of rotatable bonds is 15. The van der Waals surface area contributed by atoms with E-state index >= 15 is 0 Å². The number of carbonyl (C=O) groups excluding carboxylic acids is 3. The number of halogens is 1. The lowest BCUT2D eigenvalue weighted by Crippen LogP contribution is -2.14. The predicted octanol–water partition coefficient (Wildman–Crippen LogP) is 10.0. The molecule has 0 radical (unpaired) electrons. The second-order valence-corrected chi connectivity index (χ2v) is 16.4. The second kappa shape index (κ2) is 23.5. The van der Waals surface area contributed by atoms with Gasteiger partial charge in [0.2, 0.25) is 0 Å². The number of aromatic nitrogens is 3. The van der Waals surface area contributed by atoms with Crippen LogP contribution in [0.15, 0.2) is 144 Å². The number of fused-ring (bicyclic) bond motifs is 3. The number of nitrogens with zero attached hydrogens (tertiary/aromatic N) is 3. The molecule has 0 bridgehead atoms. The molecule has 0 aliphatic rings. The predicted molar refractivity (Wildman–Crippen MR) is 287 cm³/mol. The SMILES string of the molecule is COc1ccc(Nc2c(C(N)=O)cnc3ccc(OC)cc23)c(OC)c1.COc1ccc2ncc(C(N)=O)c(Nc3ccccc3Br)c2c1.COc1ccc2ncc(C(N)=O)c(Nc3ccccc3OC)c2c1. The Hall–Kier alpha value is -9.36. The standard InChI is InChI=1S/C19H19N3O4.C18H17N3O3.C17H14BrN3O2/c1-24-11-4-6-15-13(8-11)18(14(10-21-15)19(20)23)22-16-7-5-12(25-2)9-17(16)26-3;1-23-11-7-8-14-12(9-11)17(13(10-20-14)18(19)22)21-15-5-3-4-6-16(15)24-2;1-23-10-6-7-14-11(8-10)16(12(9-20-14)17(19)22)21-15-5-3-2-4-13(15)18/h4-10H,1-3H3,(H2,20,23)(H,21,22);3-10H,1-2H3,(H2,19,22)(H,20,21);2-9H,1H3,(H2,19,22)(H,20,21). The fourth-order valence-corrected chi connectivity index (χ4v) is 7.86. The highest BCUT2D eigenvalue weighted by atomic mass is 79.9. The Balaban J connectivity index is 0.000000161. The van der Waals surface area contributed by atoms with Gasteiger partial charge in [-0.05, 0) is 107 Å². The number of para-hydroxylation sites is 3. The zero-order chi connectivity index (χ0) is 52.2. The van der Waals surface area contributed by atoms with E-state index in [1.165, 1.54) is 18.6 Å². The van der Waals surface area contributed by atoms with Gasteiger partial charge in [-0.15, -0.1) is 0 Å². The topological polar surface area (TPSA) is 259 Å². The summed E-state index contributed by atoms with van der Waals surface area (Å²) in [5.41, 5.74) is 23.5. The van der Waals surface area contributed by atoms with Crippen molar-refractivity contribution < 1.29 is 42.8 Å². The zero-order valence-electron chi connectivity index (χ0n) is 40.4. The first-order valence-electron chi connectivity index (χ1n) is 22.0. The van der Waals surface area contributed by atoms with Crippen LogP contribution >= 0.6 is 15.9 Å². The quantitative estimate of drug-likeness (QED) is 0.0558. The van der Waals surface area contributed by atoms with Gasteiger partial charge >= 0.3 is 0 Å². The summed E-state index contributed by atoms with van der Waals surface area (Å²) in [5.74, 6) is 2.16. The lowest BCUT2D eigenvalue weighted by atomic mass is 10.1. The number of nitrogens with one attached hydrogen (secondary N) is 3. The van der Waals surface area contributed by atoms with E-state index < -0.39 is 17.7 Å². The molecule has 0 fully saturated rings. The number of benzene rings is 6. The molecule has 0 saturated carbocycles. The van der Waals surface area contributed by atoms with Crippen LogP contribution in [0.25, 0.3) is 32.7 Å². The Kier molecular flexibility index (Phi) is 16.6. The van der Waals surface area contributed by atoms with Crippen molar-refractivity contribution in [1.82, 2.24) is 15.0 Å². The van der Waals surface area contributed by atoms with Crippen molar-refractivity contribution in [2.75, 3.05) is 58.6 Å². The van der Waals surface area contributed by atoms with Gasteiger partial charge in [-0.3, -0.25) is 29.3 Å². The van der Waals surface area contributed by atoms with E-state index in [2.05, 4.69) is 46.8 Å². The molecule has 73 heavy (non-hydrogen) atoms. The molecular weight excluding hydrogens is 999 g/mol. The summed E-state index contributed by atoms with van der Waals surface area (Å²) < 4.78 is 32.7. The van der Waals surface area contributed by atoms with Crippen LogP contribution in [0.1, 0.15) is 31.1 Å². The smallest absolute Gasteiger partial charge is 0.252 e. The molecule has 0 aliphatic heterocycles. The number of hydrogen-bond acceptors (Lipinski definition) is 15. The molecule has 9 aromatic rings. The van der Waals surface area contributed by atoms with Crippen molar-refractivity contribution in [2.24, 2.45) is 17.2 Å². The third-order valence-electron chi connectivity index (χ3n) is 11.2. The Morgan fingerprint density at radius 3 is 1.14 bits per heavy atom. The normalized spacial score (nSPS) is 10.5. The molecular formula is C54H50BrN9O9. The van der Waals surface area contributed by atoms with E-state index in [9.17, 15) is 14.4 Å². The van der Waals surface area contributed by atoms with E-state index in [-0.39, 0.29) is 5.56 Å². The number of anilines is 6. The van der Waals surface area contributed by atoms with Crippen molar-refractivity contribution >= 4 is 100 Å². The fraction of sp³-hybridized carbons (Fsp3) is 0.111. The number of pyridine rings is 3. The van der Waals surface area contributed by atoms with Gasteiger partial charge in [0.1, 0.15) is 34.5 Å². The minimum atomic E-state index is -0.586. The maximum atomic E-state index is 11.9. The molecule has 9 N–H and O–H groups in total. The van der Waals surface area contributed by atoms with Gasteiger partial charge < -0.3 is 61.6 Å². The van der Waals surface area contributed by atoms with Crippen LogP contribution < -0.4 is 61.6 Å². The summed E-state index contributed by atoms with van der Waals surface area (Å²) in [7, 11) is 9.47. The summed E-state index contributed by atoms with van der Waals surface area (Å²) in [6, 6.07) is 36.8. The van der Waals surface area contributed by atoms with Crippen LogP contribution in [0.3, 0.4) is 0 Å². The number of ether oxygens (including phenoxy) is 6. The minimum Gasteiger partial charge on any atom is -0.497 e. The summed E-state index contributed by atoms with van der Waals surface area (Å²) >= 11 is 3.49. The van der Waals surface area contributed by atoms with Gasteiger partial charge in [0.15, 0.2) is 0 Å². The Morgan fingerprint density at radius 1 is 0.411 bits per heavy atom. The average molecular weight is 1050 g/mol. The van der Waals surface area contributed by atoms with Crippen LogP contribution in [0.5, 0.6) is 34.5 Å². The molecule has 0 aliphatic carbocycles. The van der Waals surface area contributed by atoms with Crippen LogP contribution in [0, 0.1) is 0 Å². The molecule has 3 heterocycles. The number of carbonyl (C=O) groups is 3. The molecule has 18 nitrogen and oxygen atoms in total. The van der Waals surface area contributed by atoms with Crippen LogP contribution in [0.2, 0.25) is 0 Å². The monoisotopic (exact) mass is 1050 g/mol. The first-order valence-corrected chi connectivity index (χ1v) is 22.8. The number of nitrogens with two attached hydrogens (primary N) is 3. The molecule has 19 heteroatoms. The van der Waals surface area contributed by atoms with Crippen molar-refractivity contribution in [2.45, 2.75) is 0 Å². The first kappa shape index (κ1) is 51.5. The van der Waals surface area contributed by atoms with Gasteiger partial charge in [-0.1, -0.05) is 24.3 Å². The van der Waals surface area contributed by atoms with E-state index in [0.29, 0.717) is 79.3 Å². The highest BCUT2D eigenvalue weighted by molar-refractivity contribution is 9.10. The van der Waals surface area contributed by atoms with Crippen LogP contribution in [0.4, 0.5) is 34.1 Å². The fourth-order valence-electron chi connectivity index (χ4n) is 7.48. The summed E-state index contributed by atoms with van der Waals surface area (Å²) in [6.45, 7) is 0. The van der Waals surface area contributed by atoms with Gasteiger partial charge in [0.25, 0.3) is 17.7 Å². The third-order valence-corrected chi connectivity index (χ3v) is 11.9. The second-order valence-electron chi connectivity index (χ2n) is 15.5. The van der Waals surface area contributed by atoms with Crippen molar-refractivity contribution in [3.05, 3.63) is 161 Å². The molecule has 3 amide bonds. The maximum Gasteiger partial charge on any atom is 0.252 e. The molecule has 372 valence electrons. The Morgan fingerprint density at radius 2 is 0.753 bits per heavy atom. The number of methoxy groups -OCH3 is 6. The molecule has 0 atom stereocenters. The molecule has 6 aromatic carbocycles. The lowest BCUT2D eigenvalue weighted by molar-refractivity contribution is 0.0992. The van der Waals surface area contributed by atoms with E-state index in [1.54, 1.807) is 73.0 Å². The Bertz CT molecular complexity index is 3510. The molecule has 0 saturated heterocycles. The Labute approximate surface area is 427 Å². The van der Waals surface area contributed by atoms with Crippen molar-refractivity contribution in [1.29, 1.82) is 0 Å². The summed E-state index contributed by atoms with van der Waals surface area (Å²) in [4.78, 5) is 48.5. The molecule has 0 unspecified atom stereocenters. The summed E-state index contributed by atoms with van der Waals surface area (Å²) in [6.07, 6.45) is 4.40. The minimum absolute atomic E-state index is 0.267. The van der Waals surface area contributed by atoms with E-state index in [4.69, 9.17) is 45.6 Å². The maximum absolute atomic E-state index is 11.9. The van der Waals surface area contributed by atoms with Crippen molar-refractivity contribution in [3.8, 4) is 34.5 Å². The van der Waals surface area contributed by atoms with Crippen LogP contribution in [-0.2, 0) is 0 Å². The van der Waals surface area contributed by atoms with Gasteiger partial charge in [0, 0.05) is 45.3 Å². The highest BCUT2D eigenvalue weighted by Crippen LogP contribution is 2.38. The lowest BCUT2D eigenvalue weighted by Gasteiger charge is -2.16.